The Morgan fingerprint density at radius 2 is 2.42 bits per heavy atom. The zero-order chi connectivity index (χ0) is 9.14. The van der Waals surface area contributed by atoms with Gasteiger partial charge in [-0.1, -0.05) is 0 Å². The predicted molar refractivity (Wildman–Crippen MR) is 42.6 cm³/mol. The molecule has 1 aromatic heterocycles. The number of hydrogen-bond donors (Lipinski definition) is 2. The molecule has 0 spiro atoms. The third-order valence-corrected chi connectivity index (χ3v) is 1.69. The normalized spacial score (nSPS) is 12.8. The van der Waals surface area contributed by atoms with Crippen molar-refractivity contribution in [3.8, 4) is 0 Å². The van der Waals surface area contributed by atoms with Crippen LogP contribution in [0.25, 0.3) is 0 Å². The summed E-state index contributed by atoms with van der Waals surface area (Å²) >= 11 is 0. The minimum Gasteiger partial charge on any atom is -0.481 e. The molecule has 66 valence electrons. The number of nitrogens with two attached hydrogens (primary N) is 1. The number of carboxylic acids is 1. The van der Waals surface area contributed by atoms with E-state index in [0.29, 0.717) is 0 Å². The van der Waals surface area contributed by atoms with E-state index in [1.54, 1.807) is 6.26 Å². The Morgan fingerprint density at radius 3 is 2.83 bits per heavy atom. The average molecular weight is 169 g/mol. The van der Waals surface area contributed by atoms with Crippen LogP contribution in [0.5, 0.6) is 0 Å². The highest BCUT2D eigenvalue weighted by atomic mass is 16.4. The molecule has 3 N–H and O–H groups in total. The second kappa shape index (κ2) is 3.40. The smallest absolute Gasteiger partial charge is 0.305 e. The van der Waals surface area contributed by atoms with Crippen LogP contribution in [-0.2, 0) is 4.79 Å². The monoisotopic (exact) mass is 169 g/mol. The van der Waals surface area contributed by atoms with Gasteiger partial charge in [0, 0.05) is 11.6 Å². The van der Waals surface area contributed by atoms with Gasteiger partial charge in [-0.05, 0) is 12.5 Å². The zero-order valence-corrected chi connectivity index (χ0v) is 6.78. The molecule has 0 aliphatic carbocycles. The van der Waals surface area contributed by atoms with Crippen LogP contribution in [0.1, 0.15) is 23.6 Å². The first kappa shape index (κ1) is 8.80. The fourth-order valence-electron chi connectivity index (χ4n) is 1.05. The van der Waals surface area contributed by atoms with E-state index in [9.17, 15) is 4.79 Å². The summed E-state index contributed by atoms with van der Waals surface area (Å²) in [6.45, 7) is 1.83. The van der Waals surface area contributed by atoms with Crippen LogP contribution in [0.4, 0.5) is 0 Å². The third-order valence-electron chi connectivity index (χ3n) is 1.69. The molecule has 1 aromatic rings. The summed E-state index contributed by atoms with van der Waals surface area (Å²) < 4.78 is 4.88. The van der Waals surface area contributed by atoms with Crippen LogP contribution in [0, 0.1) is 6.92 Å². The van der Waals surface area contributed by atoms with Crippen LogP contribution in [0.3, 0.4) is 0 Å². The van der Waals surface area contributed by atoms with Crippen molar-refractivity contribution in [2.24, 2.45) is 5.73 Å². The van der Waals surface area contributed by atoms with E-state index in [4.69, 9.17) is 15.3 Å². The molecular weight excluding hydrogens is 158 g/mol. The van der Waals surface area contributed by atoms with E-state index >= 15 is 0 Å². The topological polar surface area (TPSA) is 76.5 Å². The summed E-state index contributed by atoms with van der Waals surface area (Å²) in [5.74, 6) is -0.900. The summed E-state index contributed by atoms with van der Waals surface area (Å²) in [5.41, 5.74) is 7.25. The average Bonchev–Trinajstić information content (AvgIpc) is 2.33. The Labute approximate surface area is 70.0 Å². The highest BCUT2D eigenvalue weighted by Gasteiger charge is 2.13. The van der Waals surface area contributed by atoms with Crippen molar-refractivity contribution >= 4 is 5.97 Å². The van der Waals surface area contributed by atoms with Gasteiger partial charge in [-0.2, -0.15) is 0 Å². The fraction of sp³-hybridized carbons (Fsp3) is 0.375. The lowest BCUT2D eigenvalue weighted by atomic mass is 10.1. The molecule has 1 heterocycles. The molecular formula is C8H11NO3. The Hall–Kier alpha value is -1.29. The van der Waals surface area contributed by atoms with Gasteiger partial charge < -0.3 is 15.3 Å². The molecule has 0 bridgehead atoms. The highest BCUT2D eigenvalue weighted by Crippen LogP contribution is 2.18. The van der Waals surface area contributed by atoms with Gasteiger partial charge in [-0.3, -0.25) is 4.79 Å². The maximum atomic E-state index is 10.3. The zero-order valence-electron chi connectivity index (χ0n) is 6.78. The predicted octanol–water partition coefficient (Wildman–Crippen LogP) is 1.06. The number of carbonyl (C=O) groups is 1. The quantitative estimate of drug-likeness (QED) is 0.709. The molecule has 0 aliphatic rings. The molecule has 0 radical (unpaired) electrons. The maximum absolute atomic E-state index is 10.3. The van der Waals surface area contributed by atoms with Gasteiger partial charge in [0.25, 0.3) is 0 Å². The van der Waals surface area contributed by atoms with Crippen molar-refractivity contribution in [1.29, 1.82) is 0 Å². The number of aryl methyl sites for hydroxylation is 1. The van der Waals surface area contributed by atoms with Crippen LogP contribution in [0.2, 0.25) is 0 Å². The van der Waals surface area contributed by atoms with Crippen molar-refractivity contribution in [3.05, 3.63) is 23.7 Å². The van der Waals surface area contributed by atoms with Crippen molar-refractivity contribution in [3.63, 3.8) is 0 Å². The first-order chi connectivity index (χ1) is 5.61. The van der Waals surface area contributed by atoms with E-state index < -0.39 is 12.0 Å². The minimum absolute atomic E-state index is 0.0691. The van der Waals surface area contributed by atoms with E-state index in [-0.39, 0.29) is 6.42 Å². The van der Waals surface area contributed by atoms with Crippen LogP contribution < -0.4 is 5.73 Å². The maximum Gasteiger partial charge on any atom is 0.305 e. The lowest BCUT2D eigenvalue weighted by molar-refractivity contribution is -0.137. The van der Waals surface area contributed by atoms with Crippen LogP contribution in [0.15, 0.2) is 16.9 Å². The molecule has 0 unspecified atom stereocenters. The third kappa shape index (κ3) is 1.85. The molecule has 4 nitrogen and oxygen atoms in total. The van der Waals surface area contributed by atoms with E-state index in [1.807, 2.05) is 6.92 Å². The number of hydrogen-bond acceptors (Lipinski definition) is 3. The Kier molecular flexibility index (Phi) is 2.50. The van der Waals surface area contributed by atoms with Crippen molar-refractivity contribution in [1.82, 2.24) is 0 Å². The van der Waals surface area contributed by atoms with Gasteiger partial charge in [0.1, 0.15) is 0 Å². The molecule has 0 aliphatic heterocycles. The van der Waals surface area contributed by atoms with Gasteiger partial charge in [-0.25, -0.2) is 0 Å². The summed E-state index contributed by atoms with van der Waals surface area (Å²) in [5, 5.41) is 8.46. The second-order valence-electron chi connectivity index (χ2n) is 2.71. The molecule has 1 atom stereocenters. The summed E-state index contributed by atoms with van der Waals surface area (Å²) in [6, 6.07) is -0.471. The van der Waals surface area contributed by atoms with E-state index in [2.05, 4.69) is 0 Å². The molecule has 0 amide bonds. The lowest BCUT2D eigenvalue weighted by Gasteiger charge is -2.06. The number of rotatable bonds is 3. The Morgan fingerprint density at radius 1 is 1.75 bits per heavy atom. The van der Waals surface area contributed by atoms with Gasteiger partial charge in [0.2, 0.25) is 0 Å². The van der Waals surface area contributed by atoms with Gasteiger partial charge >= 0.3 is 5.97 Å². The van der Waals surface area contributed by atoms with E-state index in [1.165, 1.54) is 6.26 Å². The summed E-state index contributed by atoms with van der Waals surface area (Å²) in [4.78, 5) is 10.3. The van der Waals surface area contributed by atoms with Crippen molar-refractivity contribution < 1.29 is 14.3 Å². The Balaban J connectivity index is 2.71. The first-order valence-corrected chi connectivity index (χ1v) is 3.61. The molecule has 4 heteroatoms. The summed E-state index contributed by atoms with van der Waals surface area (Å²) in [6.07, 6.45) is 2.97. The van der Waals surface area contributed by atoms with Crippen LogP contribution >= 0.6 is 0 Å². The molecule has 0 fully saturated rings. The fourth-order valence-corrected chi connectivity index (χ4v) is 1.05. The molecule has 12 heavy (non-hydrogen) atoms. The van der Waals surface area contributed by atoms with Gasteiger partial charge in [0.15, 0.2) is 0 Å². The number of aliphatic carboxylic acids is 1. The number of carboxylic acid groups (broad SMARTS) is 1. The van der Waals surface area contributed by atoms with Crippen LogP contribution in [-0.4, -0.2) is 11.1 Å². The van der Waals surface area contributed by atoms with Crippen molar-refractivity contribution in [2.75, 3.05) is 0 Å². The molecule has 0 saturated carbocycles. The molecule has 1 rings (SSSR count). The van der Waals surface area contributed by atoms with Gasteiger partial charge in [0.05, 0.1) is 18.9 Å². The number of furan rings is 1. The lowest BCUT2D eigenvalue weighted by Crippen LogP contribution is -2.15. The summed E-state index contributed by atoms with van der Waals surface area (Å²) in [7, 11) is 0. The largest absolute Gasteiger partial charge is 0.481 e. The minimum atomic E-state index is -0.900. The highest BCUT2D eigenvalue weighted by molar-refractivity contribution is 5.67. The SMILES string of the molecule is Cc1cocc1[C@@H](N)CC(=O)O. The standard InChI is InChI=1S/C8H11NO3/c1-5-3-12-4-6(5)7(9)2-8(10)11/h3-4,7H,2,9H2,1H3,(H,10,11)/t7-/m0/s1. The first-order valence-electron chi connectivity index (χ1n) is 3.61. The van der Waals surface area contributed by atoms with Crippen molar-refractivity contribution in [2.45, 2.75) is 19.4 Å². The second-order valence-corrected chi connectivity index (χ2v) is 2.71. The molecule has 0 saturated heterocycles. The molecule has 0 aromatic carbocycles. The Bertz CT molecular complexity index is 280. The van der Waals surface area contributed by atoms with E-state index in [0.717, 1.165) is 11.1 Å². The van der Waals surface area contributed by atoms with Gasteiger partial charge in [-0.15, -0.1) is 0 Å².